The average molecular weight is 365 g/mol. The lowest BCUT2D eigenvalue weighted by Crippen LogP contribution is -2.10. The molecule has 1 heterocycles. The Balaban J connectivity index is 1.73. The summed E-state index contributed by atoms with van der Waals surface area (Å²) in [6, 6.07) is 18.9. The molecule has 4 nitrogen and oxygen atoms in total. The summed E-state index contributed by atoms with van der Waals surface area (Å²) in [4.78, 5) is 0. The van der Waals surface area contributed by atoms with Gasteiger partial charge < -0.3 is 0 Å². The smallest absolute Gasteiger partial charge is 0.192 e. The number of hydrogen-bond donors (Lipinski definition) is 0. The maximum Gasteiger partial charge on any atom is 0.212 e. The van der Waals surface area contributed by atoms with E-state index in [9.17, 15) is 0 Å². The molecule has 26 heavy (non-hydrogen) atoms. The molecular weight excluding hydrogens is 340 g/mol. The first-order valence-corrected chi connectivity index (χ1v) is 9.66. The molecule has 3 rings (SSSR count). The molecule has 0 saturated carbocycles. The van der Waals surface area contributed by atoms with Gasteiger partial charge in [0.2, 0.25) is 5.16 Å². The predicted molar refractivity (Wildman–Crippen MR) is 109 cm³/mol. The first kappa shape index (κ1) is 18.4. The van der Waals surface area contributed by atoms with Crippen LogP contribution in [-0.4, -0.2) is 21.1 Å². The van der Waals surface area contributed by atoms with E-state index in [2.05, 4.69) is 72.5 Å². The highest BCUT2D eigenvalue weighted by Crippen LogP contribution is 2.23. The summed E-state index contributed by atoms with van der Waals surface area (Å²) in [5.41, 5.74) is 3.78. The Labute approximate surface area is 159 Å². The van der Waals surface area contributed by atoms with Crippen molar-refractivity contribution in [2.75, 3.05) is 0 Å². The van der Waals surface area contributed by atoms with Gasteiger partial charge in [-0.15, -0.1) is 10.2 Å². The molecule has 0 radical (unpaired) electrons. The zero-order valence-corrected chi connectivity index (χ0v) is 16.5. The van der Waals surface area contributed by atoms with Crippen molar-refractivity contribution in [2.45, 2.75) is 44.0 Å². The second kappa shape index (κ2) is 7.87. The highest BCUT2D eigenvalue weighted by molar-refractivity contribution is 7.98. The van der Waals surface area contributed by atoms with E-state index in [1.54, 1.807) is 16.4 Å². The fourth-order valence-electron chi connectivity index (χ4n) is 2.48. The largest absolute Gasteiger partial charge is 0.212 e. The second-order valence-corrected chi connectivity index (χ2v) is 8.17. The minimum atomic E-state index is 0.155. The van der Waals surface area contributed by atoms with Crippen molar-refractivity contribution in [2.24, 2.45) is 5.10 Å². The molecule has 1 aromatic heterocycles. The summed E-state index contributed by atoms with van der Waals surface area (Å²) in [6.07, 6.45) is 1.86. The highest BCUT2D eigenvalue weighted by atomic mass is 32.2. The third-order valence-electron chi connectivity index (χ3n) is 4.08. The van der Waals surface area contributed by atoms with E-state index in [4.69, 9.17) is 0 Å². The van der Waals surface area contributed by atoms with E-state index >= 15 is 0 Å². The molecule has 0 aliphatic carbocycles. The van der Waals surface area contributed by atoms with Gasteiger partial charge in [-0.2, -0.15) is 9.78 Å². The summed E-state index contributed by atoms with van der Waals surface area (Å²) < 4.78 is 1.80. The zero-order chi connectivity index (χ0) is 18.6. The van der Waals surface area contributed by atoms with Gasteiger partial charge in [-0.25, -0.2) is 0 Å². The van der Waals surface area contributed by atoms with Crippen LogP contribution in [0.25, 0.3) is 0 Å². The third kappa shape index (κ3) is 4.61. The SMILES string of the molecule is Cc1nnc(SCc2ccccc2)n1/N=C/c1ccc(C(C)(C)C)cc1. The Morgan fingerprint density at radius 3 is 2.35 bits per heavy atom. The Kier molecular flexibility index (Phi) is 5.57. The molecule has 2 aromatic carbocycles. The predicted octanol–water partition coefficient (Wildman–Crippen LogP) is 5.06. The first-order valence-electron chi connectivity index (χ1n) is 8.67. The molecule has 0 saturated heterocycles. The fraction of sp³-hybridized carbons (Fsp3) is 0.286. The number of thioether (sulfide) groups is 1. The molecule has 3 aromatic rings. The van der Waals surface area contributed by atoms with Gasteiger partial charge in [0, 0.05) is 5.75 Å². The van der Waals surface area contributed by atoms with E-state index in [0.717, 1.165) is 22.3 Å². The normalized spacial score (nSPS) is 12.0. The number of nitrogens with zero attached hydrogens (tertiary/aromatic N) is 4. The zero-order valence-electron chi connectivity index (χ0n) is 15.7. The summed E-state index contributed by atoms with van der Waals surface area (Å²) in [7, 11) is 0. The maximum atomic E-state index is 4.59. The molecule has 0 unspecified atom stereocenters. The molecular formula is C21H24N4S. The van der Waals surface area contributed by atoms with Gasteiger partial charge in [0.25, 0.3) is 0 Å². The van der Waals surface area contributed by atoms with Crippen LogP contribution in [0.3, 0.4) is 0 Å². The first-order chi connectivity index (χ1) is 12.4. The van der Waals surface area contributed by atoms with Crippen LogP contribution < -0.4 is 0 Å². The monoisotopic (exact) mass is 364 g/mol. The molecule has 0 aliphatic rings. The van der Waals surface area contributed by atoms with Crippen LogP contribution in [0.2, 0.25) is 0 Å². The molecule has 0 bridgehead atoms. The number of rotatable bonds is 5. The molecule has 0 N–H and O–H groups in total. The number of aryl methyl sites for hydroxylation is 1. The van der Waals surface area contributed by atoms with Crippen molar-refractivity contribution in [3.63, 3.8) is 0 Å². The fourth-order valence-corrected chi connectivity index (χ4v) is 3.37. The number of aromatic nitrogens is 3. The standard InChI is InChI=1S/C21H24N4S/c1-16-23-24-20(26-15-18-8-6-5-7-9-18)25(16)22-14-17-10-12-19(13-11-17)21(2,3)4/h5-14H,15H2,1-4H3/b22-14+. The van der Waals surface area contributed by atoms with Crippen molar-refractivity contribution >= 4 is 18.0 Å². The molecule has 0 atom stereocenters. The minimum absolute atomic E-state index is 0.155. The molecule has 0 fully saturated rings. The minimum Gasteiger partial charge on any atom is -0.192 e. The van der Waals surface area contributed by atoms with E-state index in [1.807, 2.05) is 31.3 Å². The van der Waals surface area contributed by atoms with Gasteiger partial charge in [-0.05, 0) is 29.0 Å². The topological polar surface area (TPSA) is 43.1 Å². The van der Waals surface area contributed by atoms with Crippen molar-refractivity contribution in [1.29, 1.82) is 0 Å². The molecule has 0 aliphatic heterocycles. The van der Waals surface area contributed by atoms with Gasteiger partial charge in [0.15, 0.2) is 5.82 Å². The highest BCUT2D eigenvalue weighted by Gasteiger charge is 2.12. The summed E-state index contributed by atoms with van der Waals surface area (Å²) in [6.45, 7) is 8.56. The van der Waals surface area contributed by atoms with Gasteiger partial charge in [0.05, 0.1) is 6.21 Å². The molecule has 134 valence electrons. The lowest BCUT2D eigenvalue weighted by molar-refractivity contribution is 0.590. The Bertz CT molecular complexity index is 875. The second-order valence-electron chi connectivity index (χ2n) is 7.23. The third-order valence-corrected chi connectivity index (χ3v) is 5.07. The number of benzene rings is 2. The molecule has 0 spiro atoms. The summed E-state index contributed by atoms with van der Waals surface area (Å²) in [5, 5.41) is 13.8. The van der Waals surface area contributed by atoms with Crippen molar-refractivity contribution in [3.8, 4) is 0 Å². The van der Waals surface area contributed by atoms with E-state index in [0.29, 0.717) is 0 Å². The summed E-state index contributed by atoms with van der Waals surface area (Å²) >= 11 is 1.64. The van der Waals surface area contributed by atoms with Crippen LogP contribution in [0.5, 0.6) is 0 Å². The van der Waals surface area contributed by atoms with Gasteiger partial charge in [0.1, 0.15) is 0 Å². The van der Waals surface area contributed by atoms with Crippen molar-refractivity contribution in [3.05, 3.63) is 77.1 Å². The van der Waals surface area contributed by atoms with E-state index in [1.165, 1.54) is 11.1 Å². The Morgan fingerprint density at radius 2 is 1.69 bits per heavy atom. The lowest BCUT2D eigenvalue weighted by Gasteiger charge is -2.18. The van der Waals surface area contributed by atoms with E-state index in [-0.39, 0.29) is 5.41 Å². The van der Waals surface area contributed by atoms with Crippen LogP contribution >= 0.6 is 11.8 Å². The molecule has 0 amide bonds. The molecule has 5 heteroatoms. The van der Waals surface area contributed by atoms with Crippen molar-refractivity contribution in [1.82, 2.24) is 14.9 Å². The van der Waals surface area contributed by atoms with E-state index < -0.39 is 0 Å². The van der Waals surface area contributed by atoms with Crippen LogP contribution in [0, 0.1) is 6.92 Å². The van der Waals surface area contributed by atoms with Crippen LogP contribution in [0.1, 0.15) is 43.3 Å². The number of hydrogen-bond acceptors (Lipinski definition) is 4. The van der Waals surface area contributed by atoms with Gasteiger partial charge in [-0.3, -0.25) is 0 Å². The lowest BCUT2D eigenvalue weighted by atomic mass is 9.87. The Morgan fingerprint density at radius 1 is 1.00 bits per heavy atom. The average Bonchev–Trinajstić information content (AvgIpc) is 2.98. The van der Waals surface area contributed by atoms with Crippen LogP contribution in [-0.2, 0) is 11.2 Å². The van der Waals surface area contributed by atoms with Crippen LogP contribution in [0.4, 0.5) is 0 Å². The summed E-state index contributed by atoms with van der Waals surface area (Å²) in [5.74, 6) is 1.62. The van der Waals surface area contributed by atoms with Crippen LogP contribution in [0.15, 0.2) is 64.9 Å². The van der Waals surface area contributed by atoms with Gasteiger partial charge >= 0.3 is 0 Å². The Hall–Kier alpha value is -2.40. The maximum absolute atomic E-state index is 4.59. The van der Waals surface area contributed by atoms with Gasteiger partial charge in [-0.1, -0.05) is 87.1 Å². The van der Waals surface area contributed by atoms with Crippen molar-refractivity contribution < 1.29 is 0 Å². The quantitative estimate of drug-likeness (QED) is 0.469.